The Morgan fingerprint density at radius 1 is 1.03 bits per heavy atom. The van der Waals surface area contributed by atoms with Crippen molar-refractivity contribution in [1.29, 1.82) is 0 Å². The predicted molar refractivity (Wildman–Crippen MR) is 127 cm³/mol. The third-order valence-electron chi connectivity index (χ3n) is 5.74. The molecule has 31 heavy (non-hydrogen) atoms. The molecule has 0 bridgehead atoms. The lowest BCUT2D eigenvalue weighted by molar-refractivity contribution is -0.135. The van der Waals surface area contributed by atoms with Gasteiger partial charge in [0.1, 0.15) is 0 Å². The molecule has 1 saturated carbocycles. The number of hydrogen-bond donors (Lipinski definition) is 1. The quantitative estimate of drug-likeness (QED) is 0.603. The first kappa shape index (κ1) is 22.9. The van der Waals surface area contributed by atoms with Gasteiger partial charge in [-0.15, -0.1) is 0 Å². The maximum atomic E-state index is 13.2. The molecule has 0 heterocycles. The van der Waals surface area contributed by atoms with Gasteiger partial charge in [-0.3, -0.25) is 9.59 Å². The Balaban J connectivity index is 1.90. The van der Waals surface area contributed by atoms with Gasteiger partial charge in [-0.25, -0.2) is 0 Å². The molecule has 166 valence electrons. The highest BCUT2D eigenvalue weighted by atomic mass is 16.2. The second kappa shape index (κ2) is 9.99. The molecule has 2 amide bonds. The maximum absolute atomic E-state index is 13.2. The third-order valence-corrected chi connectivity index (χ3v) is 5.74. The van der Waals surface area contributed by atoms with Gasteiger partial charge in [0, 0.05) is 44.4 Å². The third kappa shape index (κ3) is 6.09. The Morgan fingerprint density at radius 2 is 1.71 bits per heavy atom. The van der Waals surface area contributed by atoms with Crippen molar-refractivity contribution in [1.82, 2.24) is 4.90 Å². The number of amides is 2. The molecule has 1 aliphatic carbocycles. The lowest BCUT2D eigenvalue weighted by Crippen LogP contribution is -2.34. The van der Waals surface area contributed by atoms with E-state index in [1.165, 1.54) is 0 Å². The summed E-state index contributed by atoms with van der Waals surface area (Å²) < 4.78 is 0. The number of nitrogens with one attached hydrogen (secondary N) is 1. The second-order valence-corrected chi connectivity index (χ2v) is 9.21. The van der Waals surface area contributed by atoms with Crippen molar-refractivity contribution in [3.05, 3.63) is 59.7 Å². The monoisotopic (exact) mass is 421 g/mol. The number of benzene rings is 2. The average molecular weight is 422 g/mol. The van der Waals surface area contributed by atoms with E-state index in [1.54, 1.807) is 0 Å². The first-order valence-corrected chi connectivity index (χ1v) is 11.2. The van der Waals surface area contributed by atoms with Crippen LogP contribution in [0.1, 0.15) is 57.2 Å². The van der Waals surface area contributed by atoms with Gasteiger partial charge in [0.2, 0.25) is 11.8 Å². The van der Waals surface area contributed by atoms with Crippen LogP contribution in [0.5, 0.6) is 0 Å². The maximum Gasteiger partial charge on any atom is 0.226 e. The molecule has 2 aromatic carbocycles. The molecule has 2 aromatic rings. The topological polar surface area (TPSA) is 52.7 Å². The van der Waals surface area contributed by atoms with E-state index in [0.717, 1.165) is 35.3 Å². The number of nitrogens with zero attached hydrogens (tertiary/aromatic N) is 2. The molecule has 0 aliphatic heterocycles. The Bertz CT molecular complexity index is 904. The van der Waals surface area contributed by atoms with Gasteiger partial charge in [0.25, 0.3) is 0 Å². The molecule has 5 heteroatoms. The minimum atomic E-state index is -0.0245. The van der Waals surface area contributed by atoms with Crippen LogP contribution in [0, 0.1) is 11.8 Å². The van der Waals surface area contributed by atoms with Crippen LogP contribution in [0.4, 0.5) is 11.4 Å². The molecule has 1 aliphatic rings. The zero-order valence-electron chi connectivity index (χ0n) is 19.4. The van der Waals surface area contributed by atoms with Crippen molar-refractivity contribution in [3.63, 3.8) is 0 Å². The smallest absolute Gasteiger partial charge is 0.226 e. The summed E-state index contributed by atoms with van der Waals surface area (Å²) in [7, 11) is 4.01. The van der Waals surface area contributed by atoms with Gasteiger partial charge in [-0.1, -0.05) is 44.2 Å². The predicted octanol–water partition coefficient (Wildman–Crippen LogP) is 5.24. The number of carbonyl (C=O) groups excluding carboxylic acids is 2. The van der Waals surface area contributed by atoms with Crippen LogP contribution in [0.2, 0.25) is 0 Å². The summed E-state index contributed by atoms with van der Waals surface area (Å²) in [4.78, 5) is 29.6. The van der Waals surface area contributed by atoms with Crippen molar-refractivity contribution < 1.29 is 9.59 Å². The Hall–Kier alpha value is -2.82. The number of carbonyl (C=O) groups is 2. The van der Waals surface area contributed by atoms with Crippen LogP contribution in [-0.2, 0) is 16.1 Å². The van der Waals surface area contributed by atoms with E-state index in [0.29, 0.717) is 18.9 Å². The zero-order chi connectivity index (χ0) is 22.5. The molecule has 0 radical (unpaired) electrons. The largest absolute Gasteiger partial charge is 0.377 e. The minimum Gasteiger partial charge on any atom is -0.377 e. The zero-order valence-corrected chi connectivity index (χ0v) is 19.4. The lowest BCUT2D eigenvalue weighted by Gasteiger charge is -2.32. The molecule has 5 nitrogen and oxygen atoms in total. The Morgan fingerprint density at radius 3 is 2.29 bits per heavy atom. The summed E-state index contributed by atoms with van der Waals surface area (Å²) >= 11 is 0. The van der Waals surface area contributed by atoms with Crippen molar-refractivity contribution in [2.24, 2.45) is 11.8 Å². The van der Waals surface area contributed by atoms with Crippen molar-refractivity contribution >= 4 is 23.2 Å². The fraction of sp³-hybridized carbons (Fsp3) is 0.462. The Labute approximate surface area is 186 Å². The van der Waals surface area contributed by atoms with E-state index in [4.69, 9.17) is 0 Å². The molecule has 0 aromatic heterocycles. The van der Waals surface area contributed by atoms with Gasteiger partial charge in [-0.05, 0) is 55.0 Å². The highest BCUT2D eigenvalue weighted by molar-refractivity contribution is 5.91. The first-order chi connectivity index (χ1) is 14.8. The Kier molecular flexibility index (Phi) is 7.37. The van der Waals surface area contributed by atoms with E-state index in [1.807, 2.05) is 69.2 Å². The summed E-state index contributed by atoms with van der Waals surface area (Å²) in [5, 5.41) is 3.02. The van der Waals surface area contributed by atoms with Crippen molar-refractivity contribution in [2.45, 2.75) is 52.6 Å². The molecule has 3 rings (SSSR count). The van der Waals surface area contributed by atoms with Crippen LogP contribution in [0.3, 0.4) is 0 Å². The van der Waals surface area contributed by atoms with E-state index < -0.39 is 0 Å². The SMILES string of the molecule is CC(C)CC(=O)Nc1ccc(N(C)C)c(CN(C(=O)C2CC2)[C@H](C)c2ccccc2)c1. The van der Waals surface area contributed by atoms with Crippen LogP contribution >= 0.6 is 0 Å². The summed E-state index contributed by atoms with van der Waals surface area (Å²) in [5.41, 5.74) is 3.99. The summed E-state index contributed by atoms with van der Waals surface area (Å²) in [6.45, 7) is 6.67. The number of hydrogen-bond acceptors (Lipinski definition) is 3. The molecule has 0 saturated heterocycles. The van der Waals surface area contributed by atoms with Crippen LogP contribution < -0.4 is 10.2 Å². The van der Waals surface area contributed by atoms with E-state index >= 15 is 0 Å². The summed E-state index contributed by atoms with van der Waals surface area (Å²) in [6.07, 6.45) is 2.44. The van der Waals surface area contributed by atoms with Crippen LogP contribution in [0.15, 0.2) is 48.5 Å². The number of rotatable bonds is 9. The van der Waals surface area contributed by atoms with Gasteiger partial charge in [0.15, 0.2) is 0 Å². The van der Waals surface area contributed by atoms with Gasteiger partial charge >= 0.3 is 0 Å². The molecule has 0 spiro atoms. The summed E-state index contributed by atoms with van der Waals surface area (Å²) in [5.74, 6) is 0.680. The molecule has 0 unspecified atom stereocenters. The fourth-order valence-electron chi connectivity index (χ4n) is 3.87. The minimum absolute atomic E-state index is 0.0159. The van der Waals surface area contributed by atoms with Gasteiger partial charge in [-0.2, -0.15) is 0 Å². The van der Waals surface area contributed by atoms with Gasteiger partial charge in [0.05, 0.1) is 6.04 Å². The van der Waals surface area contributed by atoms with E-state index in [9.17, 15) is 9.59 Å². The highest BCUT2D eigenvalue weighted by Gasteiger charge is 2.36. The van der Waals surface area contributed by atoms with E-state index in [-0.39, 0.29) is 23.8 Å². The summed E-state index contributed by atoms with van der Waals surface area (Å²) in [6, 6.07) is 16.1. The van der Waals surface area contributed by atoms with Crippen LogP contribution in [0.25, 0.3) is 0 Å². The van der Waals surface area contributed by atoms with Crippen molar-refractivity contribution in [3.8, 4) is 0 Å². The first-order valence-electron chi connectivity index (χ1n) is 11.2. The molecule has 1 atom stereocenters. The standard InChI is InChI=1S/C26H35N3O2/c1-18(2)15-25(30)27-23-13-14-24(28(4)5)22(16-23)17-29(26(31)21-11-12-21)19(3)20-9-7-6-8-10-20/h6-10,13-14,16,18-19,21H,11-12,15,17H2,1-5H3,(H,27,30)/t19-/m1/s1. The average Bonchev–Trinajstić information content (AvgIpc) is 3.56. The van der Waals surface area contributed by atoms with Crippen LogP contribution in [-0.4, -0.2) is 30.8 Å². The molecule has 1 fully saturated rings. The highest BCUT2D eigenvalue weighted by Crippen LogP contribution is 2.36. The fourth-order valence-corrected chi connectivity index (χ4v) is 3.87. The molecular weight excluding hydrogens is 386 g/mol. The second-order valence-electron chi connectivity index (χ2n) is 9.21. The van der Waals surface area contributed by atoms with E-state index in [2.05, 4.69) is 29.3 Å². The molecular formula is C26H35N3O2. The van der Waals surface area contributed by atoms with Crippen molar-refractivity contribution in [2.75, 3.05) is 24.3 Å². The molecule has 1 N–H and O–H groups in total. The lowest BCUT2D eigenvalue weighted by atomic mass is 10.0. The normalized spacial score (nSPS) is 14.3. The number of anilines is 2. The van der Waals surface area contributed by atoms with Gasteiger partial charge < -0.3 is 15.1 Å².